The summed E-state index contributed by atoms with van der Waals surface area (Å²) in [4.78, 5) is 0. The Hall–Kier alpha value is -0.290. The summed E-state index contributed by atoms with van der Waals surface area (Å²) in [6, 6.07) is -2.07. The number of aliphatic hydroxyl groups excluding tert-OH is 1. The van der Waals surface area contributed by atoms with Crippen LogP contribution in [-0.2, 0) is 0 Å². The van der Waals surface area contributed by atoms with Crippen molar-refractivity contribution in [3.63, 3.8) is 0 Å². The Morgan fingerprint density at radius 3 is 1.62 bits per heavy atom. The number of hydrogen-bond donors (Lipinski definition) is 2. The molecule has 0 heterocycles. The molecule has 50 valence electrons. The van der Waals surface area contributed by atoms with Gasteiger partial charge in [0.25, 0.3) is 6.43 Å². The van der Waals surface area contributed by atoms with Crippen molar-refractivity contribution in [3.8, 4) is 0 Å². The molecule has 0 aliphatic heterocycles. The highest BCUT2D eigenvalue weighted by molar-refractivity contribution is 4.64. The average Bonchev–Trinajstić information content (AvgIpc) is 1.64. The number of alkyl halides is 3. The van der Waals surface area contributed by atoms with Crippen molar-refractivity contribution in [3.05, 3.63) is 0 Å². The van der Waals surface area contributed by atoms with E-state index >= 15 is 0 Å². The molecule has 0 aliphatic carbocycles. The van der Waals surface area contributed by atoms with Gasteiger partial charge < -0.3 is 10.8 Å². The molecular formula is C3H6F3NO. The van der Waals surface area contributed by atoms with E-state index < -0.39 is 18.8 Å². The van der Waals surface area contributed by atoms with Crippen LogP contribution in [-0.4, -0.2) is 23.9 Å². The summed E-state index contributed by atoms with van der Waals surface area (Å²) >= 11 is 0. The van der Waals surface area contributed by atoms with Crippen LogP contribution < -0.4 is 5.73 Å². The molecule has 0 amide bonds. The highest BCUT2D eigenvalue weighted by atomic mass is 19.3. The minimum Gasteiger partial charge on any atom is -0.363 e. The van der Waals surface area contributed by atoms with Gasteiger partial charge in [-0.15, -0.1) is 0 Å². The van der Waals surface area contributed by atoms with Gasteiger partial charge in [0.1, 0.15) is 6.04 Å². The van der Waals surface area contributed by atoms with Crippen LogP contribution in [0.25, 0.3) is 0 Å². The van der Waals surface area contributed by atoms with Gasteiger partial charge >= 0.3 is 0 Å². The third-order valence-corrected chi connectivity index (χ3v) is 0.609. The highest BCUT2D eigenvalue weighted by Gasteiger charge is 2.22. The molecule has 2 atom stereocenters. The molecular weight excluding hydrogens is 123 g/mol. The minimum atomic E-state index is -3.00. The molecule has 0 aromatic carbocycles. The number of halogens is 3. The van der Waals surface area contributed by atoms with E-state index in [0.717, 1.165) is 0 Å². The lowest BCUT2D eigenvalue weighted by Crippen LogP contribution is -2.38. The van der Waals surface area contributed by atoms with E-state index in [9.17, 15) is 13.2 Å². The van der Waals surface area contributed by atoms with Gasteiger partial charge in [-0.25, -0.2) is 13.2 Å². The Balaban J connectivity index is 3.46. The molecule has 0 bridgehead atoms. The molecule has 0 rings (SSSR count). The summed E-state index contributed by atoms with van der Waals surface area (Å²) in [6.07, 6.45) is -5.63. The van der Waals surface area contributed by atoms with Crippen LogP contribution in [0.4, 0.5) is 13.2 Å². The lowest BCUT2D eigenvalue weighted by atomic mass is 10.3. The lowest BCUT2D eigenvalue weighted by Gasteiger charge is -2.08. The predicted molar refractivity (Wildman–Crippen MR) is 21.1 cm³/mol. The molecule has 0 saturated carbocycles. The van der Waals surface area contributed by atoms with Crippen LogP contribution in [0.1, 0.15) is 0 Å². The van der Waals surface area contributed by atoms with Crippen LogP contribution in [0, 0.1) is 0 Å². The molecule has 0 radical (unpaired) electrons. The van der Waals surface area contributed by atoms with Crippen LogP contribution in [0.3, 0.4) is 0 Å². The Kier molecular flexibility index (Phi) is 2.78. The predicted octanol–water partition coefficient (Wildman–Crippen LogP) is -0.133. The third kappa shape index (κ3) is 2.13. The van der Waals surface area contributed by atoms with E-state index in [0.29, 0.717) is 0 Å². The summed E-state index contributed by atoms with van der Waals surface area (Å²) in [5, 5.41) is 7.72. The first kappa shape index (κ1) is 7.71. The Morgan fingerprint density at radius 1 is 1.25 bits per heavy atom. The van der Waals surface area contributed by atoms with Gasteiger partial charge in [-0.2, -0.15) is 0 Å². The first-order valence-corrected chi connectivity index (χ1v) is 1.91. The fourth-order valence-electron chi connectivity index (χ4n) is 0.120. The smallest absolute Gasteiger partial charge is 0.258 e. The maximum Gasteiger partial charge on any atom is 0.258 e. The summed E-state index contributed by atoms with van der Waals surface area (Å²) in [6.45, 7) is 0. The van der Waals surface area contributed by atoms with Crippen LogP contribution in [0.15, 0.2) is 0 Å². The first-order chi connectivity index (χ1) is 3.55. The van der Waals surface area contributed by atoms with E-state index in [1.807, 2.05) is 0 Å². The van der Waals surface area contributed by atoms with Crippen molar-refractivity contribution in [1.29, 1.82) is 0 Å². The molecule has 0 saturated heterocycles. The number of hydrogen-bond acceptors (Lipinski definition) is 2. The monoisotopic (exact) mass is 129 g/mol. The van der Waals surface area contributed by atoms with Crippen molar-refractivity contribution < 1.29 is 18.3 Å². The molecule has 1 unspecified atom stereocenters. The van der Waals surface area contributed by atoms with Crippen LogP contribution >= 0.6 is 0 Å². The second-order valence-corrected chi connectivity index (χ2v) is 1.28. The van der Waals surface area contributed by atoms with E-state index in [1.54, 1.807) is 0 Å². The Bertz CT molecular complexity index is 59.5. The van der Waals surface area contributed by atoms with E-state index in [4.69, 9.17) is 5.11 Å². The van der Waals surface area contributed by atoms with Crippen molar-refractivity contribution in [1.82, 2.24) is 0 Å². The fourth-order valence-corrected chi connectivity index (χ4v) is 0.120. The lowest BCUT2D eigenvalue weighted by molar-refractivity contribution is -0.0366. The molecule has 3 N–H and O–H groups in total. The summed E-state index contributed by atoms with van der Waals surface area (Å²) in [5.74, 6) is 0. The highest BCUT2D eigenvalue weighted by Crippen LogP contribution is 2.02. The summed E-state index contributed by atoms with van der Waals surface area (Å²) in [5.41, 5.74) is 4.38. The zero-order valence-electron chi connectivity index (χ0n) is 3.89. The van der Waals surface area contributed by atoms with Crippen molar-refractivity contribution in [2.24, 2.45) is 5.73 Å². The zero-order valence-corrected chi connectivity index (χ0v) is 3.89. The number of aliphatic hydroxyl groups is 1. The molecule has 0 aliphatic rings. The average molecular weight is 129 g/mol. The molecule has 5 heteroatoms. The SMILES string of the molecule is N[C@H](C(O)F)C(F)F. The molecule has 0 aromatic heterocycles. The van der Waals surface area contributed by atoms with Gasteiger partial charge in [0.2, 0.25) is 6.36 Å². The van der Waals surface area contributed by atoms with Gasteiger partial charge in [0, 0.05) is 0 Å². The zero-order chi connectivity index (χ0) is 6.73. The van der Waals surface area contributed by atoms with E-state index in [2.05, 4.69) is 5.73 Å². The van der Waals surface area contributed by atoms with Gasteiger partial charge in [0.15, 0.2) is 0 Å². The van der Waals surface area contributed by atoms with Crippen LogP contribution in [0.2, 0.25) is 0 Å². The van der Waals surface area contributed by atoms with Gasteiger partial charge in [-0.1, -0.05) is 0 Å². The largest absolute Gasteiger partial charge is 0.363 e. The molecule has 0 fully saturated rings. The third-order valence-electron chi connectivity index (χ3n) is 0.609. The number of nitrogens with two attached hydrogens (primary N) is 1. The fraction of sp³-hybridized carbons (Fsp3) is 1.00. The maximum atomic E-state index is 11.3. The first-order valence-electron chi connectivity index (χ1n) is 1.91. The summed E-state index contributed by atoms with van der Waals surface area (Å²) < 4.78 is 33.6. The molecule has 8 heavy (non-hydrogen) atoms. The topological polar surface area (TPSA) is 46.2 Å². The Morgan fingerprint density at radius 2 is 1.62 bits per heavy atom. The van der Waals surface area contributed by atoms with Gasteiger partial charge in [-0.05, 0) is 0 Å². The minimum absolute atomic E-state index is 2.07. The van der Waals surface area contributed by atoms with Gasteiger partial charge in [-0.3, -0.25) is 0 Å². The molecule has 0 aromatic rings. The normalized spacial score (nSPS) is 18.8. The Labute approximate surface area is 44.1 Å². The second-order valence-electron chi connectivity index (χ2n) is 1.28. The maximum absolute atomic E-state index is 11.3. The molecule has 0 spiro atoms. The summed E-state index contributed by atoms with van der Waals surface area (Å²) in [7, 11) is 0. The van der Waals surface area contributed by atoms with Crippen LogP contribution in [0.5, 0.6) is 0 Å². The standard InChI is InChI=1S/C3H6F3NO/c4-2(5)1(7)3(6)8/h1-3,8H,7H2/t1-,3?/m0/s1. The number of rotatable bonds is 2. The van der Waals surface area contributed by atoms with Gasteiger partial charge in [0.05, 0.1) is 0 Å². The quantitative estimate of drug-likeness (QED) is 0.545. The van der Waals surface area contributed by atoms with E-state index in [-0.39, 0.29) is 0 Å². The second kappa shape index (κ2) is 2.88. The van der Waals surface area contributed by atoms with Crippen molar-refractivity contribution in [2.45, 2.75) is 18.8 Å². The van der Waals surface area contributed by atoms with Crippen molar-refractivity contribution in [2.75, 3.05) is 0 Å². The van der Waals surface area contributed by atoms with Crippen molar-refractivity contribution >= 4 is 0 Å². The molecule has 2 nitrogen and oxygen atoms in total. The van der Waals surface area contributed by atoms with E-state index in [1.165, 1.54) is 0 Å².